The van der Waals surface area contributed by atoms with Gasteiger partial charge >= 0.3 is 12.0 Å². The molecule has 3 N–H and O–H groups in total. The fourth-order valence-electron chi connectivity index (χ4n) is 3.00. The van der Waals surface area contributed by atoms with Crippen LogP contribution < -0.4 is 15.4 Å². The first-order valence-electron chi connectivity index (χ1n) is 9.31. The summed E-state index contributed by atoms with van der Waals surface area (Å²) >= 11 is 6.43. The molecule has 1 heterocycles. The van der Waals surface area contributed by atoms with Crippen LogP contribution in [0.1, 0.15) is 59.1 Å². The van der Waals surface area contributed by atoms with Crippen LogP contribution in [0.4, 0.5) is 4.79 Å². The zero-order valence-electron chi connectivity index (χ0n) is 17.1. The number of ether oxygens (including phenoxy) is 1. The first-order valence-corrected chi connectivity index (χ1v) is 9.68. The number of rotatable bonds is 7. The summed E-state index contributed by atoms with van der Waals surface area (Å²) in [6.45, 7) is 10.7. The number of hydrogen-bond acceptors (Lipinski definition) is 3. The number of nitrogens with one attached hydrogen (secondary N) is 2. The van der Waals surface area contributed by atoms with Gasteiger partial charge in [-0.1, -0.05) is 52.3 Å². The molecule has 0 saturated carbocycles. The van der Waals surface area contributed by atoms with Gasteiger partial charge in [-0.3, -0.25) is 4.79 Å². The zero-order chi connectivity index (χ0) is 21.1. The fourth-order valence-corrected chi connectivity index (χ4v) is 3.24. The minimum absolute atomic E-state index is 0.00901. The van der Waals surface area contributed by atoms with Crippen LogP contribution in [0.2, 0.25) is 5.02 Å². The molecule has 1 aromatic carbocycles. The molecule has 6 nitrogen and oxygen atoms in total. The van der Waals surface area contributed by atoms with Crippen molar-refractivity contribution in [3.63, 3.8) is 0 Å². The van der Waals surface area contributed by atoms with Crippen molar-refractivity contribution in [1.29, 1.82) is 0 Å². The van der Waals surface area contributed by atoms with E-state index in [1.54, 1.807) is 18.3 Å². The van der Waals surface area contributed by atoms with E-state index in [2.05, 4.69) is 31.4 Å². The molecule has 1 aromatic rings. The van der Waals surface area contributed by atoms with Gasteiger partial charge in [-0.15, -0.1) is 0 Å². The number of benzene rings is 1. The number of carboxylic acids is 1. The highest BCUT2D eigenvalue weighted by Crippen LogP contribution is 2.41. The van der Waals surface area contributed by atoms with Crippen molar-refractivity contribution in [1.82, 2.24) is 10.6 Å². The van der Waals surface area contributed by atoms with E-state index in [-0.39, 0.29) is 17.9 Å². The fraction of sp³-hybridized carbons (Fsp3) is 0.524. The number of aliphatic carboxylic acids is 1. The average molecular weight is 409 g/mol. The molecule has 28 heavy (non-hydrogen) atoms. The van der Waals surface area contributed by atoms with Crippen molar-refractivity contribution in [2.45, 2.75) is 53.5 Å². The number of urea groups is 1. The van der Waals surface area contributed by atoms with Gasteiger partial charge in [0, 0.05) is 12.6 Å². The molecule has 1 unspecified atom stereocenters. The van der Waals surface area contributed by atoms with Crippen molar-refractivity contribution in [2.75, 3.05) is 6.61 Å². The summed E-state index contributed by atoms with van der Waals surface area (Å²) in [4.78, 5) is 22.9. The normalized spacial score (nSPS) is 17.4. The SMILES string of the molecule is CC(C)(C)COc1ccc(C2NC(=O)NC=C2C(C)(C)CCC(=O)O)cc1Cl. The van der Waals surface area contributed by atoms with Gasteiger partial charge in [-0.05, 0) is 40.5 Å². The average Bonchev–Trinajstić information content (AvgIpc) is 2.58. The van der Waals surface area contributed by atoms with Crippen molar-refractivity contribution < 1.29 is 19.4 Å². The lowest BCUT2D eigenvalue weighted by Gasteiger charge is -2.36. The lowest BCUT2D eigenvalue weighted by molar-refractivity contribution is -0.137. The smallest absolute Gasteiger partial charge is 0.319 e. The molecule has 0 fully saturated rings. The van der Waals surface area contributed by atoms with Crippen molar-refractivity contribution in [3.05, 3.63) is 40.6 Å². The first-order chi connectivity index (χ1) is 12.9. The van der Waals surface area contributed by atoms with E-state index in [4.69, 9.17) is 21.4 Å². The molecule has 1 aliphatic rings. The zero-order valence-corrected chi connectivity index (χ0v) is 17.8. The molecule has 1 atom stereocenters. The Balaban J connectivity index is 2.28. The molecule has 0 bridgehead atoms. The summed E-state index contributed by atoms with van der Waals surface area (Å²) in [7, 11) is 0. The van der Waals surface area contributed by atoms with E-state index in [9.17, 15) is 9.59 Å². The standard InChI is InChI=1S/C21H29ClN2O4/c1-20(2,3)12-28-16-7-6-13(10-15(16)22)18-14(11-23-19(27)24-18)21(4,5)9-8-17(25)26/h6-7,10-11,18H,8-9,12H2,1-5H3,(H,25,26)(H2,23,24,27). The molecule has 2 rings (SSSR count). The van der Waals surface area contributed by atoms with Gasteiger partial charge in [0.05, 0.1) is 17.7 Å². The van der Waals surface area contributed by atoms with Crippen LogP contribution in [0.3, 0.4) is 0 Å². The first kappa shape index (κ1) is 22.1. The Hall–Kier alpha value is -2.21. The molecule has 0 spiro atoms. The quantitative estimate of drug-likeness (QED) is 0.599. The third-order valence-electron chi connectivity index (χ3n) is 4.64. The van der Waals surface area contributed by atoms with Crippen LogP contribution in [-0.4, -0.2) is 23.7 Å². The topological polar surface area (TPSA) is 87.7 Å². The molecule has 0 radical (unpaired) electrons. The Morgan fingerprint density at radius 1 is 1.25 bits per heavy atom. The lowest BCUT2D eigenvalue weighted by Crippen LogP contribution is -2.44. The summed E-state index contributed by atoms with van der Waals surface area (Å²) in [5.41, 5.74) is 1.29. The number of amides is 2. The number of halogens is 1. The Bertz CT molecular complexity index is 781. The summed E-state index contributed by atoms with van der Waals surface area (Å²) in [5, 5.41) is 15.1. The Labute approximate surface area is 171 Å². The maximum absolute atomic E-state index is 11.9. The van der Waals surface area contributed by atoms with Crippen LogP contribution in [0.5, 0.6) is 5.75 Å². The summed E-state index contributed by atoms with van der Waals surface area (Å²) in [6.07, 6.45) is 2.16. The van der Waals surface area contributed by atoms with Gasteiger partial charge in [-0.25, -0.2) is 4.79 Å². The molecule has 1 aliphatic heterocycles. The molecule has 0 aromatic heterocycles. The Morgan fingerprint density at radius 3 is 2.50 bits per heavy atom. The van der Waals surface area contributed by atoms with E-state index >= 15 is 0 Å². The lowest BCUT2D eigenvalue weighted by atomic mass is 9.75. The highest BCUT2D eigenvalue weighted by atomic mass is 35.5. The van der Waals surface area contributed by atoms with Crippen molar-refractivity contribution in [3.8, 4) is 5.75 Å². The second kappa shape index (κ2) is 8.43. The van der Waals surface area contributed by atoms with Gasteiger partial charge in [0.25, 0.3) is 0 Å². The third kappa shape index (κ3) is 5.89. The van der Waals surface area contributed by atoms with Crippen LogP contribution in [0.15, 0.2) is 30.0 Å². The minimum Gasteiger partial charge on any atom is -0.491 e. The van der Waals surface area contributed by atoms with E-state index in [1.807, 2.05) is 19.9 Å². The summed E-state index contributed by atoms with van der Waals surface area (Å²) < 4.78 is 5.81. The minimum atomic E-state index is -0.846. The third-order valence-corrected chi connectivity index (χ3v) is 4.94. The highest BCUT2D eigenvalue weighted by Gasteiger charge is 2.34. The Kier molecular flexibility index (Phi) is 6.65. The summed E-state index contributed by atoms with van der Waals surface area (Å²) in [5.74, 6) is -0.252. The highest BCUT2D eigenvalue weighted by molar-refractivity contribution is 6.32. The molecule has 0 saturated heterocycles. The van der Waals surface area contributed by atoms with E-state index < -0.39 is 17.4 Å². The van der Waals surface area contributed by atoms with E-state index in [0.29, 0.717) is 23.8 Å². The molecule has 154 valence electrons. The van der Waals surface area contributed by atoms with E-state index in [1.165, 1.54) is 0 Å². The van der Waals surface area contributed by atoms with Crippen LogP contribution in [0.25, 0.3) is 0 Å². The molecular weight excluding hydrogens is 380 g/mol. The largest absolute Gasteiger partial charge is 0.491 e. The molecule has 7 heteroatoms. The molecule has 0 aliphatic carbocycles. The Morgan fingerprint density at radius 2 is 1.93 bits per heavy atom. The second-order valence-electron chi connectivity index (χ2n) is 8.97. The van der Waals surface area contributed by atoms with Crippen LogP contribution in [0, 0.1) is 10.8 Å². The molecular formula is C21H29ClN2O4. The van der Waals surface area contributed by atoms with Crippen molar-refractivity contribution >= 4 is 23.6 Å². The predicted octanol–water partition coefficient (Wildman–Crippen LogP) is 4.89. The van der Waals surface area contributed by atoms with Gasteiger partial charge in [0.2, 0.25) is 0 Å². The van der Waals surface area contributed by atoms with Gasteiger partial charge in [0.15, 0.2) is 0 Å². The number of carboxylic acid groups (broad SMARTS) is 1. The van der Waals surface area contributed by atoms with Gasteiger partial charge < -0.3 is 20.5 Å². The predicted molar refractivity (Wildman–Crippen MR) is 110 cm³/mol. The maximum atomic E-state index is 11.9. The van der Waals surface area contributed by atoms with Crippen LogP contribution in [-0.2, 0) is 4.79 Å². The number of carbonyl (C=O) groups is 2. The van der Waals surface area contributed by atoms with Crippen molar-refractivity contribution in [2.24, 2.45) is 10.8 Å². The van der Waals surface area contributed by atoms with Gasteiger partial charge in [-0.2, -0.15) is 0 Å². The molecule has 2 amide bonds. The second-order valence-corrected chi connectivity index (χ2v) is 9.37. The monoisotopic (exact) mass is 408 g/mol. The summed E-state index contributed by atoms with van der Waals surface area (Å²) in [6, 6.07) is 4.76. The van der Waals surface area contributed by atoms with Crippen LogP contribution >= 0.6 is 11.6 Å². The number of hydrogen-bond donors (Lipinski definition) is 3. The number of carbonyl (C=O) groups excluding carboxylic acids is 1. The van der Waals surface area contributed by atoms with E-state index in [0.717, 1.165) is 11.1 Å². The maximum Gasteiger partial charge on any atom is 0.319 e. The van der Waals surface area contributed by atoms with Gasteiger partial charge in [0.1, 0.15) is 5.75 Å².